The Labute approximate surface area is 130 Å². The highest BCUT2D eigenvalue weighted by molar-refractivity contribution is 5.95. The highest BCUT2D eigenvalue weighted by atomic mass is 16.5. The number of allylic oxidation sites excluding steroid dienone is 1. The zero-order valence-electron chi connectivity index (χ0n) is 12.9. The molecule has 1 amide bonds. The van der Waals surface area contributed by atoms with Crippen molar-refractivity contribution < 1.29 is 19.4 Å². The average molecular weight is 303 g/mol. The van der Waals surface area contributed by atoms with Crippen LogP contribution in [-0.2, 0) is 9.59 Å². The minimum Gasteiger partial charge on any atom is -0.497 e. The van der Waals surface area contributed by atoms with Gasteiger partial charge in [0, 0.05) is 19.2 Å². The Morgan fingerprint density at radius 3 is 2.59 bits per heavy atom. The van der Waals surface area contributed by atoms with Gasteiger partial charge < -0.3 is 14.7 Å². The Morgan fingerprint density at radius 1 is 1.32 bits per heavy atom. The molecule has 22 heavy (non-hydrogen) atoms. The average Bonchev–Trinajstić information content (AvgIpc) is 2.54. The van der Waals surface area contributed by atoms with E-state index in [0.717, 1.165) is 23.3 Å². The number of aliphatic carboxylic acids is 1. The number of hydrogen-bond acceptors (Lipinski definition) is 3. The van der Waals surface area contributed by atoms with Crippen LogP contribution in [0.1, 0.15) is 25.3 Å². The Morgan fingerprint density at radius 2 is 2.00 bits per heavy atom. The number of ether oxygens (including phenoxy) is 1. The molecule has 1 aliphatic heterocycles. The van der Waals surface area contributed by atoms with Crippen molar-refractivity contribution in [2.75, 3.05) is 20.2 Å². The number of piperidine rings is 1. The van der Waals surface area contributed by atoms with Gasteiger partial charge in [-0.3, -0.25) is 9.59 Å². The third kappa shape index (κ3) is 3.87. The summed E-state index contributed by atoms with van der Waals surface area (Å²) < 4.78 is 5.11. The Hall–Kier alpha value is -2.30. The molecule has 1 atom stereocenters. The SMILES string of the molecule is COc1ccc(/C(C)=C/C(=O)N2CCCC(C(=O)O)C2)cc1. The Balaban J connectivity index is 2.06. The van der Waals surface area contributed by atoms with Crippen molar-refractivity contribution in [1.82, 2.24) is 4.90 Å². The fourth-order valence-electron chi connectivity index (χ4n) is 2.59. The van der Waals surface area contributed by atoms with Crippen LogP contribution in [0, 0.1) is 5.92 Å². The third-order valence-corrected chi connectivity index (χ3v) is 3.97. The predicted octanol–water partition coefficient (Wildman–Crippen LogP) is 2.42. The van der Waals surface area contributed by atoms with Gasteiger partial charge in [0.2, 0.25) is 5.91 Å². The Bertz CT molecular complexity index is 577. The van der Waals surface area contributed by atoms with E-state index in [9.17, 15) is 9.59 Å². The van der Waals surface area contributed by atoms with Crippen molar-refractivity contribution in [2.24, 2.45) is 5.92 Å². The van der Waals surface area contributed by atoms with E-state index in [1.165, 1.54) is 0 Å². The molecule has 118 valence electrons. The maximum atomic E-state index is 12.3. The second kappa shape index (κ2) is 7.11. The first-order valence-corrected chi connectivity index (χ1v) is 7.35. The summed E-state index contributed by atoms with van der Waals surface area (Å²) in [6, 6.07) is 7.49. The molecular formula is C17H21NO4. The van der Waals surface area contributed by atoms with Gasteiger partial charge in [-0.1, -0.05) is 12.1 Å². The fourth-order valence-corrected chi connectivity index (χ4v) is 2.59. The molecule has 1 aromatic rings. The van der Waals surface area contributed by atoms with Crippen LogP contribution in [0.15, 0.2) is 30.3 Å². The van der Waals surface area contributed by atoms with Crippen molar-refractivity contribution in [1.29, 1.82) is 0 Å². The van der Waals surface area contributed by atoms with Gasteiger partial charge in [0.15, 0.2) is 0 Å². The summed E-state index contributed by atoms with van der Waals surface area (Å²) in [6.45, 7) is 2.79. The summed E-state index contributed by atoms with van der Waals surface area (Å²) in [5, 5.41) is 9.08. The van der Waals surface area contributed by atoms with Crippen molar-refractivity contribution in [3.8, 4) is 5.75 Å². The van der Waals surface area contributed by atoms with Crippen molar-refractivity contribution >= 4 is 17.4 Å². The molecule has 0 spiro atoms. The second-order valence-electron chi connectivity index (χ2n) is 5.52. The zero-order valence-corrected chi connectivity index (χ0v) is 12.9. The quantitative estimate of drug-likeness (QED) is 0.868. The zero-order chi connectivity index (χ0) is 16.1. The van der Waals surface area contributed by atoms with E-state index in [4.69, 9.17) is 9.84 Å². The normalized spacial score (nSPS) is 18.9. The van der Waals surface area contributed by atoms with E-state index in [1.54, 1.807) is 18.1 Å². The number of carboxylic acid groups (broad SMARTS) is 1. The van der Waals surface area contributed by atoms with E-state index in [1.807, 2.05) is 31.2 Å². The molecule has 1 unspecified atom stereocenters. The first-order valence-electron chi connectivity index (χ1n) is 7.35. The third-order valence-electron chi connectivity index (χ3n) is 3.97. The molecule has 1 saturated heterocycles. The smallest absolute Gasteiger partial charge is 0.308 e. The van der Waals surface area contributed by atoms with Crippen LogP contribution in [0.4, 0.5) is 0 Å². The van der Waals surface area contributed by atoms with E-state index in [0.29, 0.717) is 19.5 Å². The van der Waals surface area contributed by atoms with E-state index in [2.05, 4.69) is 0 Å². The van der Waals surface area contributed by atoms with E-state index >= 15 is 0 Å². The predicted molar refractivity (Wildman–Crippen MR) is 83.6 cm³/mol. The van der Waals surface area contributed by atoms with Gasteiger partial charge in [-0.2, -0.15) is 0 Å². The van der Waals surface area contributed by atoms with Crippen LogP contribution in [0.25, 0.3) is 5.57 Å². The highest BCUT2D eigenvalue weighted by Crippen LogP contribution is 2.20. The molecule has 1 heterocycles. The van der Waals surface area contributed by atoms with Crippen molar-refractivity contribution in [2.45, 2.75) is 19.8 Å². The summed E-state index contributed by atoms with van der Waals surface area (Å²) >= 11 is 0. The molecule has 1 fully saturated rings. The molecule has 0 radical (unpaired) electrons. The summed E-state index contributed by atoms with van der Waals surface area (Å²) in [7, 11) is 1.61. The summed E-state index contributed by atoms with van der Waals surface area (Å²) in [4.78, 5) is 25.0. The van der Waals surface area contributed by atoms with Gasteiger partial charge in [-0.15, -0.1) is 0 Å². The summed E-state index contributed by atoms with van der Waals surface area (Å²) in [5.41, 5.74) is 1.80. The number of methoxy groups -OCH3 is 1. The molecule has 1 aromatic carbocycles. The highest BCUT2D eigenvalue weighted by Gasteiger charge is 2.27. The molecular weight excluding hydrogens is 282 g/mol. The number of nitrogens with zero attached hydrogens (tertiary/aromatic N) is 1. The van der Waals surface area contributed by atoms with Crippen LogP contribution in [0.3, 0.4) is 0 Å². The minimum atomic E-state index is -0.826. The van der Waals surface area contributed by atoms with E-state index < -0.39 is 11.9 Å². The molecule has 0 bridgehead atoms. The van der Waals surface area contributed by atoms with Crippen LogP contribution < -0.4 is 4.74 Å². The van der Waals surface area contributed by atoms with Crippen molar-refractivity contribution in [3.63, 3.8) is 0 Å². The van der Waals surface area contributed by atoms with Crippen molar-refractivity contribution in [3.05, 3.63) is 35.9 Å². The molecule has 1 N–H and O–H groups in total. The lowest BCUT2D eigenvalue weighted by Gasteiger charge is -2.30. The monoisotopic (exact) mass is 303 g/mol. The molecule has 0 aliphatic carbocycles. The maximum absolute atomic E-state index is 12.3. The number of carbonyl (C=O) groups excluding carboxylic acids is 1. The van der Waals surface area contributed by atoms with Crippen LogP contribution in [-0.4, -0.2) is 42.1 Å². The number of hydrogen-bond donors (Lipinski definition) is 1. The van der Waals surface area contributed by atoms with Crippen LogP contribution in [0.5, 0.6) is 5.75 Å². The van der Waals surface area contributed by atoms with Crippen LogP contribution >= 0.6 is 0 Å². The maximum Gasteiger partial charge on any atom is 0.308 e. The molecule has 1 aliphatic rings. The summed E-state index contributed by atoms with van der Waals surface area (Å²) in [6.07, 6.45) is 2.95. The largest absolute Gasteiger partial charge is 0.497 e. The second-order valence-corrected chi connectivity index (χ2v) is 5.52. The van der Waals surface area contributed by atoms with Gasteiger partial charge in [-0.05, 0) is 43.0 Å². The van der Waals surface area contributed by atoms with Gasteiger partial charge in [0.1, 0.15) is 5.75 Å². The Kier molecular flexibility index (Phi) is 5.20. The molecule has 5 nitrogen and oxygen atoms in total. The van der Waals surface area contributed by atoms with Crippen LogP contribution in [0.2, 0.25) is 0 Å². The van der Waals surface area contributed by atoms with Gasteiger partial charge in [-0.25, -0.2) is 0 Å². The molecule has 5 heteroatoms. The number of benzene rings is 1. The lowest BCUT2D eigenvalue weighted by Crippen LogP contribution is -2.41. The lowest BCUT2D eigenvalue weighted by molar-refractivity contribution is -0.144. The number of carbonyl (C=O) groups is 2. The van der Waals surface area contributed by atoms with Gasteiger partial charge in [0.25, 0.3) is 0 Å². The number of rotatable bonds is 4. The molecule has 2 rings (SSSR count). The molecule has 0 saturated carbocycles. The minimum absolute atomic E-state index is 0.126. The molecule has 0 aromatic heterocycles. The van der Waals surface area contributed by atoms with Gasteiger partial charge >= 0.3 is 5.97 Å². The summed E-state index contributed by atoms with van der Waals surface area (Å²) in [5.74, 6) is -0.636. The standard InChI is InChI=1S/C17H21NO4/c1-12(13-5-7-15(22-2)8-6-13)10-16(19)18-9-3-4-14(11-18)17(20)21/h5-8,10,14H,3-4,9,11H2,1-2H3,(H,20,21)/b12-10+. The first-order chi connectivity index (χ1) is 10.5. The number of amides is 1. The number of carboxylic acids is 1. The lowest BCUT2D eigenvalue weighted by atomic mass is 9.98. The fraction of sp³-hybridized carbons (Fsp3) is 0.412. The number of likely N-dealkylation sites (tertiary alicyclic amines) is 1. The first kappa shape index (κ1) is 16.1. The van der Waals surface area contributed by atoms with Gasteiger partial charge in [0.05, 0.1) is 13.0 Å². The topological polar surface area (TPSA) is 66.8 Å². The van der Waals surface area contributed by atoms with E-state index in [-0.39, 0.29) is 5.91 Å².